The Morgan fingerprint density at radius 2 is 2.16 bits per heavy atom. The van der Waals surface area contributed by atoms with Crippen molar-refractivity contribution in [3.63, 3.8) is 0 Å². The van der Waals surface area contributed by atoms with Crippen molar-refractivity contribution in [3.8, 4) is 0 Å². The van der Waals surface area contributed by atoms with Crippen molar-refractivity contribution in [1.82, 2.24) is 20.4 Å². The van der Waals surface area contributed by atoms with Crippen LogP contribution in [0.25, 0.3) is 6.08 Å². The Labute approximate surface area is 153 Å². The van der Waals surface area contributed by atoms with E-state index in [1.54, 1.807) is 11.8 Å². The molecule has 0 bridgehead atoms. The van der Waals surface area contributed by atoms with Gasteiger partial charge in [0, 0.05) is 25.6 Å². The fraction of sp³-hybridized carbons (Fsp3) is 0.389. The Morgan fingerprint density at radius 1 is 1.40 bits per heavy atom. The van der Waals surface area contributed by atoms with E-state index in [2.05, 4.69) is 22.4 Å². The molecule has 25 heavy (non-hydrogen) atoms. The van der Waals surface area contributed by atoms with Gasteiger partial charge in [-0.3, -0.25) is 4.79 Å². The van der Waals surface area contributed by atoms with Gasteiger partial charge in [-0.05, 0) is 31.2 Å². The van der Waals surface area contributed by atoms with Crippen molar-refractivity contribution in [3.05, 3.63) is 53.3 Å². The normalized spacial score (nSPS) is 16.9. The molecule has 134 valence electrons. The third kappa shape index (κ3) is 4.27. The summed E-state index contributed by atoms with van der Waals surface area (Å²) in [5, 5.41) is 7.20. The van der Waals surface area contributed by atoms with Crippen molar-refractivity contribution in [1.29, 1.82) is 0 Å². The first-order valence-electron chi connectivity index (χ1n) is 8.13. The van der Waals surface area contributed by atoms with Gasteiger partial charge in [-0.1, -0.05) is 29.4 Å². The average molecular weight is 363 g/mol. The minimum atomic E-state index is -0.126. The number of nitrogens with zero attached hydrogens (tertiary/aromatic N) is 3. The number of fused-ring (bicyclic) bond motifs is 1. The molecule has 1 aromatic carbocycles. The highest BCUT2D eigenvalue weighted by atomic mass is 35.5. The van der Waals surface area contributed by atoms with Gasteiger partial charge < -0.3 is 14.7 Å². The Balaban J connectivity index is 0.00000225. The van der Waals surface area contributed by atoms with E-state index in [4.69, 9.17) is 4.52 Å². The summed E-state index contributed by atoms with van der Waals surface area (Å²) in [6.45, 7) is 3.63. The SMILES string of the molecule is CNC(C)Cc1noc(CC2c3ccccc3C=CN2C(C)=O)n1.Cl. The minimum Gasteiger partial charge on any atom is -0.339 e. The summed E-state index contributed by atoms with van der Waals surface area (Å²) in [6, 6.07) is 8.22. The molecule has 2 heterocycles. The van der Waals surface area contributed by atoms with Crippen LogP contribution < -0.4 is 5.32 Å². The average Bonchev–Trinajstić information content (AvgIpc) is 3.01. The Bertz CT molecular complexity index is 759. The highest BCUT2D eigenvalue weighted by molar-refractivity contribution is 5.85. The first kappa shape index (κ1) is 19.1. The lowest BCUT2D eigenvalue weighted by Crippen LogP contribution is -2.32. The van der Waals surface area contributed by atoms with Crippen molar-refractivity contribution < 1.29 is 9.32 Å². The van der Waals surface area contributed by atoms with Crippen LogP contribution in [0.1, 0.15) is 42.7 Å². The number of carbonyl (C=O) groups is 1. The zero-order valence-corrected chi connectivity index (χ0v) is 15.4. The van der Waals surface area contributed by atoms with Crippen LogP contribution in [-0.2, 0) is 17.6 Å². The van der Waals surface area contributed by atoms with Crippen LogP contribution in [-0.4, -0.2) is 34.0 Å². The summed E-state index contributed by atoms with van der Waals surface area (Å²) in [5.74, 6) is 1.23. The number of hydrogen-bond acceptors (Lipinski definition) is 5. The largest absolute Gasteiger partial charge is 0.339 e. The quantitative estimate of drug-likeness (QED) is 0.885. The summed E-state index contributed by atoms with van der Waals surface area (Å²) < 4.78 is 5.40. The second-order valence-electron chi connectivity index (χ2n) is 6.09. The lowest BCUT2D eigenvalue weighted by molar-refractivity contribution is -0.128. The zero-order chi connectivity index (χ0) is 17.1. The lowest BCUT2D eigenvalue weighted by atomic mass is 9.94. The van der Waals surface area contributed by atoms with E-state index in [9.17, 15) is 4.79 Å². The fourth-order valence-electron chi connectivity index (χ4n) is 2.91. The number of halogens is 1. The molecule has 3 rings (SSSR count). The van der Waals surface area contributed by atoms with Crippen molar-refractivity contribution >= 4 is 24.4 Å². The van der Waals surface area contributed by atoms with Crippen LogP contribution in [0, 0.1) is 0 Å². The highest BCUT2D eigenvalue weighted by Gasteiger charge is 2.28. The predicted octanol–water partition coefficient (Wildman–Crippen LogP) is 2.76. The number of nitrogens with one attached hydrogen (secondary N) is 1. The summed E-state index contributed by atoms with van der Waals surface area (Å²) in [7, 11) is 1.90. The molecule has 1 amide bonds. The number of hydrogen-bond donors (Lipinski definition) is 1. The smallest absolute Gasteiger partial charge is 0.229 e. The highest BCUT2D eigenvalue weighted by Crippen LogP contribution is 2.32. The van der Waals surface area contributed by atoms with E-state index in [1.807, 2.05) is 43.6 Å². The molecule has 2 atom stereocenters. The Kier molecular flexibility index (Phi) is 6.33. The first-order chi connectivity index (χ1) is 11.6. The Morgan fingerprint density at radius 3 is 2.88 bits per heavy atom. The molecule has 2 unspecified atom stereocenters. The second-order valence-corrected chi connectivity index (χ2v) is 6.09. The molecule has 1 N–H and O–H groups in total. The van der Waals surface area contributed by atoms with Gasteiger partial charge in [-0.2, -0.15) is 4.98 Å². The molecule has 1 aliphatic rings. The van der Waals surface area contributed by atoms with E-state index < -0.39 is 0 Å². The maximum Gasteiger partial charge on any atom is 0.229 e. The summed E-state index contributed by atoms with van der Waals surface area (Å²) >= 11 is 0. The monoisotopic (exact) mass is 362 g/mol. The van der Waals surface area contributed by atoms with Crippen LogP contribution in [0.15, 0.2) is 35.0 Å². The van der Waals surface area contributed by atoms with Gasteiger partial charge in [0.05, 0.1) is 12.5 Å². The van der Waals surface area contributed by atoms with Gasteiger partial charge in [0.15, 0.2) is 5.82 Å². The van der Waals surface area contributed by atoms with Crippen LogP contribution in [0.3, 0.4) is 0 Å². The molecule has 0 aliphatic carbocycles. The number of benzene rings is 1. The predicted molar refractivity (Wildman–Crippen MR) is 98.2 cm³/mol. The number of rotatable bonds is 5. The van der Waals surface area contributed by atoms with E-state index in [1.165, 1.54) is 0 Å². The molecule has 0 radical (unpaired) electrons. The van der Waals surface area contributed by atoms with Gasteiger partial charge in [0.2, 0.25) is 11.8 Å². The van der Waals surface area contributed by atoms with E-state index in [0.29, 0.717) is 24.6 Å². The molecule has 1 aliphatic heterocycles. The van der Waals surface area contributed by atoms with Crippen molar-refractivity contribution in [2.45, 2.75) is 38.8 Å². The molecule has 0 saturated carbocycles. The number of carbonyl (C=O) groups excluding carboxylic acids is 1. The summed E-state index contributed by atoms with van der Waals surface area (Å²) in [4.78, 5) is 18.2. The van der Waals surface area contributed by atoms with Crippen LogP contribution >= 0.6 is 12.4 Å². The molecular weight excluding hydrogens is 340 g/mol. The fourth-order valence-corrected chi connectivity index (χ4v) is 2.91. The van der Waals surface area contributed by atoms with Gasteiger partial charge >= 0.3 is 0 Å². The number of aromatic nitrogens is 2. The third-order valence-corrected chi connectivity index (χ3v) is 4.33. The maximum atomic E-state index is 12.0. The van der Waals surface area contributed by atoms with Crippen LogP contribution in [0.5, 0.6) is 0 Å². The number of likely N-dealkylation sites (N-methyl/N-ethyl adjacent to an activating group) is 1. The first-order valence-corrected chi connectivity index (χ1v) is 8.13. The van der Waals surface area contributed by atoms with Gasteiger partial charge in [-0.25, -0.2) is 0 Å². The Hall–Kier alpha value is -2.18. The van der Waals surface area contributed by atoms with E-state index >= 15 is 0 Å². The molecule has 1 aromatic heterocycles. The molecule has 2 aromatic rings. The van der Waals surface area contributed by atoms with Crippen LogP contribution in [0.4, 0.5) is 0 Å². The number of amides is 1. The van der Waals surface area contributed by atoms with Gasteiger partial charge in [0.1, 0.15) is 0 Å². The maximum absolute atomic E-state index is 12.0. The molecule has 0 spiro atoms. The lowest BCUT2D eigenvalue weighted by Gasteiger charge is -2.31. The molecule has 6 nitrogen and oxygen atoms in total. The topological polar surface area (TPSA) is 71.3 Å². The molecule has 0 fully saturated rings. The standard InChI is InChI=1S/C18H22N4O2.ClH/c1-12(19-3)10-17-20-18(24-21-17)11-16-15-7-5-4-6-14(15)8-9-22(16)13(2)23;/h4-9,12,16,19H,10-11H2,1-3H3;1H. The molecular formula is C18H23ClN4O2. The van der Waals surface area contributed by atoms with E-state index in [0.717, 1.165) is 11.1 Å². The minimum absolute atomic E-state index is 0. The van der Waals surface area contributed by atoms with Crippen molar-refractivity contribution in [2.75, 3.05) is 7.05 Å². The third-order valence-electron chi connectivity index (χ3n) is 4.33. The zero-order valence-electron chi connectivity index (χ0n) is 14.6. The van der Waals surface area contributed by atoms with Gasteiger partial charge in [-0.15, -0.1) is 12.4 Å². The van der Waals surface area contributed by atoms with Crippen LogP contribution in [0.2, 0.25) is 0 Å². The summed E-state index contributed by atoms with van der Waals surface area (Å²) in [6.07, 6.45) is 5.00. The summed E-state index contributed by atoms with van der Waals surface area (Å²) in [5.41, 5.74) is 2.21. The molecule has 7 heteroatoms. The molecule has 0 saturated heterocycles. The van der Waals surface area contributed by atoms with Crippen molar-refractivity contribution in [2.24, 2.45) is 0 Å². The second kappa shape index (κ2) is 8.27. The van der Waals surface area contributed by atoms with E-state index in [-0.39, 0.29) is 30.4 Å². The van der Waals surface area contributed by atoms with Gasteiger partial charge in [0.25, 0.3) is 0 Å².